The van der Waals surface area contributed by atoms with Crippen molar-refractivity contribution in [3.63, 3.8) is 0 Å². The number of carbonyl (C=O) groups excluding carboxylic acids is 2. The van der Waals surface area contributed by atoms with Crippen LogP contribution < -0.4 is 9.79 Å². The molecule has 0 saturated heterocycles. The third-order valence-electron chi connectivity index (χ3n) is 4.39. The maximum atomic E-state index is 13.2. The van der Waals surface area contributed by atoms with Gasteiger partial charge in [0.25, 0.3) is 10.0 Å². The molecule has 156 valence electrons. The van der Waals surface area contributed by atoms with E-state index in [-0.39, 0.29) is 23.6 Å². The average Bonchev–Trinajstić information content (AvgIpc) is 2.73. The van der Waals surface area contributed by atoms with Gasteiger partial charge in [-0.2, -0.15) is 0 Å². The summed E-state index contributed by atoms with van der Waals surface area (Å²) in [5.41, 5.74) is 2.03. The van der Waals surface area contributed by atoms with E-state index in [2.05, 4.69) is 4.98 Å². The summed E-state index contributed by atoms with van der Waals surface area (Å²) in [5, 5.41) is 8.48. The molecule has 2 rings (SSSR count). The van der Waals surface area contributed by atoms with E-state index < -0.39 is 15.9 Å². The highest BCUT2D eigenvalue weighted by Crippen LogP contribution is 2.23. The van der Waals surface area contributed by atoms with E-state index in [1.807, 2.05) is 0 Å². The zero-order valence-corrected chi connectivity index (χ0v) is 17.1. The van der Waals surface area contributed by atoms with Crippen molar-refractivity contribution in [1.82, 2.24) is 10.5 Å². The molecule has 0 aliphatic heterocycles. The van der Waals surface area contributed by atoms with E-state index in [0.29, 0.717) is 24.2 Å². The number of unbranched alkanes of at least 4 members (excludes halogenated alkanes) is 3. The second-order valence-electron chi connectivity index (χ2n) is 6.54. The molecule has 1 aromatic carbocycles. The van der Waals surface area contributed by atoms with Crippen LogP contribution in [0.3, 0.4) is 0 Å². The molecular formula is C20H25N3O5S. The molecule has 0 aliphatic carbocycles. The minimum Gasteiger partial charge on any atom is -0.295 e. The molecular weight excluding hydrogens is 394 g/mol. The number of hydroxylamine groups is 1. The summed E-state index contributed by atoms with van der Waals surface area (Å²) in [6, 6.07) is 10.9. The number of carbonyl (C=O) groups is 2. The molecule has 2 N–H and O–H groups in total. The second-order valence-corrected chi connectivity index (χ2v) is 8.41. The van der Waals surface area contributed by atoms with Crippen molar-refractivity contribution in [2.24, 2.45) is 0 Å². The first-order valence-corrected chi connectivity index (χ1v) is 10.8. The predicted octanol–water partition coefficient (Wildman–Crippen LogP) is 2.94. The predicted molar refractivity (Wildman–Crippen MR) is 108 cm³/mol. The van der Waals surface area contributed by atoms with E-state index in [1.165, 1.54) is 41.7 Å². The Bertz CT molecular complexity index is 915. The van der Waals surface area contributed by atoms with Gasteiger partial charge >= 0.3 is 0 Å². The van der Waals surface area contributed by atoms with Crippen LogP contribution in [-0.4, -0.2) is 36.8 Å². The van der Waals surface area contributed by atoms with Crippen molar-refractivity contribution in [3.8, 4) is 0 Å². The Morgan fingerprint density at radius 1 is 1.03 bits per heavy atom. The maximum Gasteiger partial charge on any atom is 0.265 e. The molecule has 0 unspecified atom stereocenters. The van der Waals surface area contributed by atoms with Crippen molar-refractivity contribution < 1.29 is 23.2 Å². The molecule has 29 heavy (non-hydrogen) atoms. The first kappa shape index (κ1) is 22.5. The summed E-state index contributed by atoms with van der Waals surface area (Å²) in [4.78, 5) is 26.7. The fourth-order valence-corrected chi connectivity index (χ4v) is 4.26. The highest BCUT2D eigenvalue weighted by molar-refractivity contribution is 7.92. The highest BCUT2D eigenvalue weighted by Gasteiger charge is 2.25. The molecule has 0 aliphatic rings. The number of sulfonamides is 1. The minimum atomic E-state index is -3.84. The quantitative estimate of drug-likeness (QED) is 0.250. The van der Waals surface area contributed by atoms with Crippen LogP contribution in [0.1, 0.15) is 49.4 Å². The van der Waals surface area contributed by atoms with Gasteiger partial charge in [-0.15, -0.1) is 0 Å². The molecule has 0 spiro atoms. The maximum absolute atomic E-state index is 13.2. The van der Waals surface area contributed by atoms with Gasteiger partial charge in [-0.05, 0) is 44.0 Å². The third kappa shape index (κ3) is 6.37. The number of hydrogen-bond acceptors (Lipinski definition) is 6. The van der Waals surface area contributed by atoms with Crippen LogP contribution in [0.4, 0.5) is 5.82 Å². The molecule has 0 fully saturated rings. The molecule has 2 aromatic rings. The number of hydrogen-bond donors (Lipinski definition) is 2. The summed E-state index contributed by atoms with van der Waals surface area (Å²) in [7, 11) is -3.84. The number of anilines is 1. The standard InChI is InChI=1S/C20H25N3O5S/c1-16(24)17-10-12-18(13-11-17)29(27,28)23(19-8-5-6-14-21-19)15-7-3-2-4-9-20(25)22-26/h5-6,8,10-14,26H,2-4,7,9,15H2,1H3,(H,22,25). The fraction of sp³-hybridized carbons (Fsp3) is 0.350. The Morgan fingerprint density at radius 3 is 2.31 bits per heavy atom. The molecule has 0 atom stereocenters. The summed E-state index contributed by atoms with van der Waals surface area (Å²) in [6.07, 6.45) is 4.40. The molecule has 1 amide bonds. The van der Waals surface area contributed by atoms with Crippen LogP contribution in [0.5, 0.6) is 0 Å². The van der Waals surface area contributed by atoms with E-state index in [1.54, 1.807) is 23.7 Å². The van der Waals surface area contributed by atoms with Crippen LogP contribution in [0.2, 0.25) is 0 Å². The van der Waals surface area contributed by atoms with Gasteiger partial charge in [0.05, 0.1) is 4.90 Å². The molecule has 0 radical (unpaired) electrons. The smallest absolute Gasteiger partial charge is 0.265 e. The number of aromatic nitrogens is 1. The number of nitrogens with zero attached hydrogens (tertiary/aromatic N) is 2. The number of ketones is 1. The van der Waals surface area contributed by atoms with Gasteiger partial charge in [0.15, 0.2) is 5.78 Å². The zero-order valence-electron chi connectivity index (χ0n) is 16.2. The van der Waals surface area contributed by atoms with Crippen LogP contribution in [0.25, 0.3) is 0 Å². The van der Waals surface area contributed by atoms with Crippen LogP contribution >= 0.6 is 0 Å². The Morgan fingerprint density at radius 2 is 1.72 bits per heavy atom. The molecule has 0 bridgehead atoms. The monoisotopic (exact) mass is 419 g/mol. The number of rotatable bonds is 11. The summed E-state index contributed by atoms with van der Waals surface area (Å²) >= 11 is 0. The summed E-state index contributed by atoms with van der Waals surface area (Å²) in [5.74, 6) is -0.245. The van der Waals surface area contributed by atoms with Crippen LogP contribution in [0.15, 0.2) is 53.6 Å². The lowest BCUT2D eigenvalue weighted by Crippen LogP contribution is -2.32. The molecule has 1 aromatic heterocycles. The van der Waals surface area contributed by atoms with Crippen molar-refractivity contribution in [3.05, 3.63) is 54.2 Å². The van der Waals surface area contributed by atoms with Crippen molar-refractivity contribution >= 4 is 27.5 Å². The van der Waals surface area contributed by atoms with E-state index in [0.717, 1.165) is 12.8 Å². The van der Waals surface area contributed by atoms with Gasteiger partial charge in [-0.1, -0.05) is 31.0 Å². The normalized spacial score (nSPS) is 11.1. The minimum absolute atomic E-state index is 0.0905. The van der Waals surface area contributed by atoms with Crippen molar-refractivity contribution in [1.29, 1.82) is 0 Å². The highest BCUT2D eigenvalue weighted by atomic mass is 32.2. The van der Waals surface area contributed by atoms with Gasteiger partial charge in [-0.3, -0.25) is 14.8 Å². The van der Waals surface area contributed by atoms with Crippen LogP contribution in [-0.2, 0) is 14.8 Å². The number of amides is 1. The number of benzene rings is 1. The Kier molecular flexibility index (Phi) is 8.29. The van der Waals surface area contributed by atoms with E-state index in [9.17, 15) is 18.0 Å². The zero-order chi connectivity index (χ0) is 21.3. The van der Waals surface area contributed by atoms with Gasteiger partial charge in [0.2, 0.25) is 5.91 Å². The topological polar surface area (TPSA) is 117 Å². The van der Waals surface area contributed by atoms with Crippen LogP contribution in [0, 0.1) is 0 Å². The van der Waals surface area contributed by atoms with E-state index in [4.69, 9.17) is 5.21 Å². The SMILES string of the molecule is CC(=O)c1ccc(S(=O)(=O)N(CCCCCCC(=O)NO)c2ccccn2)cc1. The largest absolute Gasteiger partial charge is 0.295 e. The van der Waals surface area contributed by atoms with Gasteiger partial charge in [-0.25, -0.2) is 23.2 Å². The lowest BCUT2D eigenvalue weighted by molar-refractivity contribution is -0.129. The third-order valence-corrected chi connectivity index (χ3v) is 6.21. The first-order valence-electron chi connectivity index (χ1n) is 9.34. The molecule has 9 heteroatoms. The number of nitrogens with one attached hydrogen (secondary N) is 1. The lowest BCUT2D eigenvalue weighted by Gasteiger charge is -2.23. The molecule has 0 saturated carbocycles. The lowest BCUT2D eigenvalue weighted by atomic mass is 10.1. The van der Waals surface area contributed by atoms with Gasteiger partial charge in [0, 0.05) is 24.7 Å². The molecule has 8 nitrogen and oxygen atoms in total. The Hall–Kier alpha value is -2.78. The fourth-order valence-electron chi connectivity index (χ4n) is 2.80. The summed E-state index contributed by atoms with van der Waals surface area (Å²) < 4.78 is 27.6. The first-order chi connectivity index (χ1) is 13.9. The Labute approximate surface area is 170 Å². The van der Waals surface area contributed by atoms with Crippen molar-refractivity contribution in [2.45, 2.75) is 43.9 Å². The summed E-state index contributed by atoms with van der Waals surface area (Å²) in [6.45, 7) is 1.66. The Balaban J connectivity index is 2.11. The van der Waals surface area contributed by atoms with E-state index >= 15 is 0 Å². The van der Waals surface area contributed by atoms with Gasteiger partial charge in [0.1, 0.15) is 5.82 Å². The van der Waals surface area contributed by atoms with Crippen molar-refractivity contribution in [2.75, 3.05) is 10.8 Å². The number of Topliss-reactive ketones (excluding diaryl/α,β-unsaturated/α-hetero) is 1. The second kappa shape index (κ2) is 10.7. The van der Waals surface area contributed by atoms with Gasteiger partial charge < -0.3 is 0 Å². The molecule has 1 heterocycles. The number of pyridine rings is 1. The average molecular weight is 420 g/mol.